The fourth-order valence-corrected chi connectivity index (χ4v) is 4.49. The summed E-state index contributed by atoms with van der Waals surface area (Å²) in [5.41, 5.74) is 2.67. The molecule has 24 heavy (non-hydrogen) atoms. The van der Waals surface area contributed by atoms with E-state index in [0.29, 0.717) is 20.7 Å². The average molecular weight is 380 g/mol. The SMILES string of the molecule is O=C(Nc1c2c(nn1-c1ccc(F)cc1)CSC2)c1ccc(Cl)s1. The molecule has 4 rings (SSSR count). The van der Waals surface area contributed by atoms with Crippen molar-refractivity contribution in [3.63, 3.8) is 0 Å². The van der Waals surface area contributed by atoms with Gasteiger partial charge in [-0.15, -0.1) is 11.3 Å². The van der Waals surface area contributed by atoms with Gasteiger partial charge >= 0.3 is 0 Å². The van der Waals surface area contributed by atoms with E-state index in [2.05, 4.69) is 10.4 Å². The number of halogens is 2. The molecule has 0 saturated heterocycles. The predicted octanol–water partition coefficient (Wildman–Crippen LogP) is 4.73. The van der Waals surface area contributed by atoms with Crippen LogP contribution in [0.25, 0.3) is 5.69 Å². The fourth-order valence-electron chi connectivity index (χ4n) is 2.52. The number of anilines is 1. The molecule has 3 heterocycles. The molecule has 0 aliphatic carbocycles. The second-order valence-corrected chi connectivity index (χ2v) is 7.91. The molecular formula is C16H11ClFN3OS2. The molecule has 0 radical (unpaired) electrons. The Labute approximate surface area is 150 Å². The first-order chi connectivity index (χ1) is 11.6. The molecule has 1 amide bonds. The zero-order chi connectivity index (χ0) is 16.7. The zero-order valence-corrected chi connectivity index (χ0v) is 14.6. The molecule has 0 bridgehead atoms. The number of benzene rings is 1. The summed E-state index contributed by atoms with van der Waals surface area (Å²) in [7, 11) is 0. The van der Waals surface area contributed by atoms with Gasteiger partial charge in [0.05, 0.1) is 20.6 Å². The predicted molar refractivity (Wildman–Crippen MR) is 95.8 cm³/mol. The van der Waals surface area contributed by atoms with Gasteiger partial charge in [0, 0.05) is 17.1 Å². The van der Waals surface area contributed by atoms with Crippen molar-refractivity contribution in [1.29, 1.82) is 0 Å². The van der Waals surface area contributed by atoms with Crippen molar-refractivity contribution in [2.75, 3.05) is 5.32 Å². The lowest BCUT2D eigenvalue weighted by molar-refractivity contribution is 0.102. The van der Waals surface area contributed by atoms with Gasteiger partial charge in [-0.2, -0.15) is 16.9 Å². The number of hydrogen-bond donors (Lipinski definition) is 1. The Kier molecular flexibility index (Phi) is 4.07. The van der Waals surface area contributed by atoms with Crippen LogP contribution in [0.2, 0.25) is 4.34 Å². The number of fused-ring (bicyclic) bond motifs is 1. The zero-order valence-electron chi connectivity index (χ0n) is 12.3. The van der Waals surface area contributed by atoms with Gasteiger partial charge in [0.25, 0.3) is 5.91 Å². The molecular weight excluding hydrogens is 369 g/mol. The van der Waals surface area contributed by atoms with E-state index < -0.39 is 0 Å². The van der Waals surface area contributed by atoms with Crippen LogP contribution in [0.15, 0.2) is 36.4 Å². The van der Waals surface area contributed by atoms with Crippen molar-refractivity contribution in [3.05, 3.63) is 62.7 Å². The van der Waals surface area contributed by atoms with Crippen molar-refractivity contribution < 1.29 is 9.18 Å². The highest BCUT2D eigenvalue weighted by Crippen LogP contribution is 2.36. The summed E-state index contributed by atoms with van der Waals surface area (Å²) in [6.07, 6.45) is 0. The topological polar surface area (TPSA) is 46.9 Å². The average Bonchev–Trinajstić information content (AvgIpc) is 3.26. The number of carbonyl (C=O) groups is 1. The Balaban J connectivity index is 1.73. The third-order valence-electron chi connectivity index (χ3n) is 3.65. The molecule has 1 N–H and O–H groups in total. The van der Waals surface area contributed by atoms with Crippen LogP contribution < -0.4 is 5.32 Å². The Morgan fingerprint density at radius 2 is 2.00 bits per heavy atom. The number of rotatable bonds is 3. The van der Waals surface area contributed by atoms with Gasteiger partial charge in [-0.05, 0) is 36.4 Å². The summed E-state index contributed by atoms with van der Waals surface area (Å²) >= 11 is 8.88. The summed E-state index contributed by atoms with van der Waals surface area (Å²) in [6.45, 7) is 0. The molecule has 1 aromatic carbocycles. The maximum Gasteiger partial charge on any atom is 0.266 e. The summed E-state index contributed by atoms with van der Waals surface area (Å²) in [6, 6.07) is 9.42. The number of amides is 1. The van der Waals surface area contributed by atoms with Crippen molar-refractivity contribution in [2.24, 2.45) is 0 Å². The van der Waals surface area contributed by atoms with Crippen molar-refractivity contribution in [1.82, 2.24) is 9.78 Å². The second kappa shape index (κ2) is 6.23. The minimum Gasteiger partial charge on any atom is -0.305 e. The van der Waals surface area contributed by atoms with Crippen LogP contribution in [0.1, 0.15) is 20.9 Å². The van der Waals surface area contributed by atoms with E-state index in [1.807, 2.05) is 0 Å². The number of hydrogen-bond acceptors (Lipinski definition) is 4. The Bertz CT molecular complexity index is 920. The highest BCUT2D eigenvalue weighted by atomic mass is 35.5. The van der Waals surface area contributed by atoms with Gasteiger partial charge in [-0.25, -0.2) is 9.07 Å². The molecule has 3 aromatic rings. The number of carbonyl (C=O) groups excluding carboxylic acids is 1. The first-order valence-electron chi connectivity index (χ1n) is 7.13. The summed E-state index contributed by atoms with van der Waals surface area (Å²) in [5, 5.41) is 7.52. The molecule has 1 aliphatic rings. The van der Waals surface area contributed by atoms with Crippen molar-refractivity contribution >= 4 is 46.4 Å². The van der Waals surface area contributed by atoms with Crippen LogP contribution in [0.5, 0.6) is 0 Å². The molecule has 1 aliphatic heterocycles. The van der Waals surface area contributed by atoms with E-state index in [9.17, 15) is 9.18 Å². The smallest absolute Gasteiger partial charge is 0.266 e. The van der Waals surface area contributed by atoms with Crippen LogP contribution in [0.3, 0.4) is 0 Å². The number of thiophene rings is 1. The minimum atomic E-state index is -0.312. The van der Waals surface area contributed by atoms with Gasteiger partial charge in [-0.3, -0.25) is 4.79 Å². The molecule has 0 unspecified atom stereocenters. The maximum absolute atomic E-state index is 13.2. The molecule has 0 saturated carbocycles. The third-order valence-corrected chi connectivity index (χ3v) is 5.85. The van der Waals surface area contributed by atoms with E-state index in [-0.39, 0.29) is 11.7 Å². The highest BCUT2D eigenvalue weighted by molar-refractivity contribution is 7.98. The lowest BCUT2D eigenvalue weighted by atomic mass is 10.2. The van der Waals surface area contributed by atoms with Crippen LogP contribution in [-0.4, -0.2) is 15.7 Å². The largest absolute Gasteiger partial charge is 0.305 e. The second-order valence-electron chi connectivity index (χ2n) is 5.21. The van der Waals surface area contributed by atoms with Crippen LogP contribution in [0, 0.1) is 5.82 Å². The summed E-state index contributed by atoms with van der Waals surface area (Å²) in [4.78, 5) is 13.0. The molecule has 8 heteroatoms. The van der Waals surface area contributed by atoms with E-state index in [4.69, 9.17) is 11.6 Å². The first kappa shape index (κ1) is 15.7. The molecule has 0 fully saturated rings. The quantitative estimate of drug-likeness (QED) is 0.715. The monoisotopic (exact) mass is 379 g/mol. The maximum atomic E-state index is 13.2. The van der Waals surface area contributed by atoms with Gasteiger partial charge in [0.1, 0.15) is 11.6 Å². The Morgan fingerprint density at radius 3 is 2.71 bits per heavy atom. The van der Waals surface area contributed by atoms with Crippen LogP contribution in [-0.2, 0) is 11.5 Å². The van der Waals surface area contributed by atoms with E-state index in [1.54, 1.807) is 40.7 Å². The minimum absolute atomic E-state index is 0.227. The molecule has 0 atom stereocenters. The Hall–Kier alpha value is -1.83. The van der Waals surface area contributed by atoms with E-state index in [0.717, 1.165) is 22.8 Å². The summed E-state index contributed by atoms with van der Waals surface area (Å²) < 4.78 is 15.4. The van der Waals surface area contributed by atoms with Crippen LogP contribution >= 0.6 is 34.7 Å². The molecule has 4 nitrogen and oxygen atoms in total. The molecule has 122 valence electrons. The standard InChI is InChI=1S/C16H11ClFN3OS2/c17-14-6-5-13(24-14)16(22)19-15-11-7-23-8-12(11)20-21(15)10-3-1-9(18)2-4-10/h1-6H,7-8H2,(H,19,22). The van der Waals surface area contributed by atoms with Crippen molar-refractivity contribution in [2.45, 2.75) is 11.5 Å². The number of thioether (sulfide) groups is 1. The van der Waals surface area contributed by atoms with Gasteiger partial charge in [0.2, 0.25) is 0 Å². The van der Waals surface area contributed by atoms with Gasteiger partial charge in [0.15, 0.2) is 0 Å². The number of nitrogens with zero attached hydrogens (tertiary/aromatic N) is 2. The number of nitrogens with one attached hydrogen (secondary N) is 1. The van der Waals surface area contributed by atoms with E-state index >= 15 is 0 Å². The Morgan fingerprint density at radius 1 is 1.21 bits per heavy atom. The normalized spacial score (nSPS) is 13.1. The number of aromatic nitrogens is 2. The van der Waals surface area contributed by atoms with Crippen molar-refractivity contribution in [3.8, 4) is 5.69 Å². The summed E-state index contributed by atoms with van der Waals surface area (Å²) in [5.74, 6) is 1.69. The van der Waals surface area contributed by atoms with Crippen LogP contribution in [0.4, 0.5) is 10.2 Å². The van der Waals surface area contributed by atoms with Gasteiger partial charge in [-0.1, -0.05) is 11.6 Å². The molecule has 0 spiro atoms. The highest BCUT2D eigenvalue weighted by Gasteiger charge is 2.25. The third kappa shape index (κ3) is 2.83. The molecule has 2 aromatic heterocycles. The first-order valence-corrected chi connectivity index (χ1v) is 9.48. The fraction of sp³-hybridized carbons (Fsp3) is 0.125. The lowest BCUT2D eigenvalue weighted by Crippen LogP contribution is -2.15. The lowest BCUT2D eigenvalue weighted by Gasteiger charge is -2.10. The van der Waals surface area contributed by atoms with E-state index in [1.165, 1.54) is 23.5 Å². The van der Waals surface area contributed by atoms with Gasteiger partial charge < -0.3 is 5.32 Å².